The van der Waals surface area contributed by atoms with E-state index >= 15 is 0 Å². The molecule has 2 nitrogen and oxygen atoms in total. The first-order chi connectivity index (χ1) is 6.40. The molecule has 1 aromatic heterocycles. The van der Waals surface area contributed by atoms with Crippen molar-refractivity contribution in [3.05, 3.63) is 48.2 Å². The van der Waals surface area contributed by atoms with Crippen LogP contribution in [-0.2, 0) is 0 Å². The van der Waals surface area contributed by atoms with Crippen LogP contribution in [0.2, 0.25) is 0 Å². The number of carbonyl (C=O) groups excluding carboxylic acids is 1. The lowest BCUT2D eigenvalue weighted by atomic mass is 10.2. The number of furan rings is 1. The van der Waals surface area contributed by atoms with Crippen molar-refractivity contribution in [3.63, 3.8) is 0 Å². The lowest BCUT2D eigenvalue weighted by Crippen LogP contribution is -1.71. The van der Waals surface area contributed by atoms with Crippen LogP contribution in [0.25, 0.3) is 11.3 Å². The number of rotatable bonds is 2. The lowest BCUT2D eigenvalue weighted by molar-refractivity contribution is 0.110. The Morgan fingerprint density at radius 2 is 1.77 bits per heavy atom. The van der Waals surface area contributed by atoms with Gasteiger partial charge < -0.3 is 4.42 Å². The second-order valence-electron chi connectivity index (χ2n) is 2.69. The number of hydrogen-bond acceptors (Lipinski definition) is 2. The molecule has 0 radical (unpaired) electrons. The average Bonchev–Trinajstić information content (AvgIpc) is 2.67. The van der Waals surface area contributed by atoms with E-state index in [0.29, 0.717) is 12.0 Å². The largest absolute Gasteiger partial charge is 0.453 e. The van der Waals surface area contributed by atoms with Crippen LogP contribution >= 0.6 is 0 Å². The Bertz CT molecular complexity index is 401. The van der Waals surface area contributed by atoms with Gasteiger partial charge in [-0.3, -0.25) is 4.79 Å². The van der Waals surface area contributed by atoms with Crippen LogP contribution in [0.3, 0.4) is 0 Å². The van der Waals surface area contributed by atoms with E-state index in [4.69, 9.17) is 4.42 Å². The summed E-state index contributed by atoms with van der Waals surface area (Å²) < 4.78 is 5.25. The topological polar surface area (TPSA) is 30.2 Å². The summed E-state index contributed by atoms with van der Waals surface area (Å²) in [6.07, 6.45) is 0.701. The molecule has 2 rings (SSSR count). The molecule has 0 aliphatic heterocycles. The van der Waals surface area contributed by atoms with Crippen molar-refractivity contribution in [1.82, 2.24) is 0 Å². The minimum absolute atomic E-state index is 0.360. The predicted octanol–water partition coefficient (Wildman–Crippen LogP) is 2.76. The first-order valence-corrected chi connectivity index (χ1v) is 4.00. The molecule has 0 N–H and O–H groups in total. The van der Waals surface area contributed by atoms with Gasteiger partial charge in [-0.25, -0.2) is 0 Å². The van der Waals surface area contributed by atoms with E-state index in [1.54, 1.807) is 12.1 Å². The van der Waals surface area contributed by atoms with Crippen molar-refractivity contribution in [2.75, 3.05) is 0 Å². The highest BCUT2D eigenvalue weighted by atomic mass is 16.3. The van der Waals surface area contributed by atoms with Gasteiger partial charge in [0.15, 0.2) is 12.0 Å². The Balaban J connectivity index is 2.41. The number of carbonyl (C=O) groups is 1. The SMILES string of the molecule is O=Cc1ccc(-c2ccccc2)o1. The van der Waals surface area contributed by atoms with Gasteiger partial charge in [0.1, 0.15) is 5.76 Å². The van der Waals surface area contributed by atoms with Crippen LogP contribution in [0.4, 0.5) is 0 Å². The molecule has 0 bridgehead atoms. The van der Waals surface area contributed by atoms with Crippen LogP contribution in [0.5, 0.6) is 0 Å². The smallest absolute Gasteiger partial charge is 0.185 e. The molecule has 2 aromatic rings. The molecule has 13 heavy (non-hydrogen) atoms. The van der Waals surface area contributed by atoms with Crippen molar-refractivity contribution in [2.45, 2.75) is 0 Å². The van der Waals surface area contributed by atoms with E-state index in [1.807, 2.05) is 30.3 Å². The highest BCUT2D eigenvalue weighted by Gasteiger charge is 2.01. The molecule has 0 saturated carbocycles. The molecule has 1 aromatic carbocycles. The van der Waals surface area contributed by atoms with Crippen molar-refractivity contribution in [1.29, 1.82) is 0 Å². The van der Waals surface area contributed by atoms with Crippen molar-refractivity contribution < 1.29 is 9.21 Å². The van der Waals surface area contributed by atoms with Gasteiger partial charge in [-0.1, -0.05) is 30.3 Å². The fourth-order valence-corrected chi connectivity index (χ4v) is 1.17. The van der Waals surface area contributed by atoms with E-state index in [1.165, 1.54) is 0 Å². The second kappa shape index (κ2) is 3.27. The van der Waals surface area contributed by atoms with Gasteiger partial charge in [0.2, 0.25) is 0 Å². The standard InChI is InChI=1S/C11H8O2/c12-8-10-6-7-11(13-10)9-4-2-1-3-5-9/h1-8H. The van der Waals surface area contributed by atoms with E-state index in [0.717, 1.165) is 11.3 Å². The predicted molar refractivity (Wildman–Crippen MR) is 49.5 cm³/mol. The third-order valence-electron chi connectivity index (χ3n) is 1.80. The molecule has 2 heteroatoms. The first kappa shape index (κ1) is 7.80. The normalized spacial score (nSPS) is 9.85. The minimum Gasteiger partial charge on any atom is -0.453 e. The molecule has 0 aliphatic rings. The van der Waals surface area contributed by atoms with Crippen molar-refractivity contribution in [2.24, 2.45) is 0 Å². The first-order valence-electron chi connectivity index (χ1n) is 4.00. The van der Waals surface area contributed by atoms with Crippen LogP contribution < -0.4 is 0 Å². The maximum atomic E-state index is 10.4. The summed E-state index contributed by atoms with van der Waals surface area (Å²) in [5.41, 5.74) is 0.982. The third-order valence-corrected chi connectivity index (χ3v) is 1.80. The molecule has 0 unspecified atom stereocenters. The minimum atomic E-state index is 0.360. The van der Waals surface area contributed by atoms with Gasteiger partial charge in [0.05, 0.1) is 0 Å². The highest BCUT2D eigenvalue weighted by Crippen LogP contribution is 2.20. The number of benzene rings is 1. The van der Waals surface area contributed by atoms with Gasteiger partial charge in [0, 0.05) is 5.56 Å². The molecule has 1 heterocycles. The molecule has 0 aliphatic carbocycles. The summed E-state index contributed by atoms with van der Waals surface area (Å²) >= 11 is 0. The van der Waals surface area contributed by atoms with E-state index < -0.39 is 0 Å². The van der Waals surface area contributed by atoms with Gasteiger partial charge in [-0.05, 0) is 12.1 Å². The zero-order valence-corrected chi connectivity index (χ0v) is 6.94. The molecular formula is C11H8O2. The summed E-state index contributed by atoms with van der Waals surface area (Å²) in [4.78, 5) is 10.4. The average molecular weight is 172 g/mol. The molecule has 0 amide bonds. The summed E-state index contributed by atoms with van der Waals surface area (Å²) in [7, 11) is 0. The number of hydrogen-bond donors (Lipinski definition) is 0. The lowest BCUT2D eigenvalue weighted by Gasteiger charge is -1.93. The highest BCUT2D eigenvalue weighted by molar-refractivity contribution is 5.72. The van der Waals surface area contributed by atoms with Crippen LogP contribution in [0.1, 0.15) is 10.6 Å². The van der Waals surface area contributed by atoms with E-state index in [9.17, 15) is 4.79 Å². The Kier molecular flexibility index (Phi) is 1.96. The fourth-order valence-electron chi connectivity index (χ4n) is 1.17. The second-order valence-corrected chi connectivity index (χ2v) is 2.69. The third kappa shape index (κ3) is 1.51. The number of aldehydes is 1. The Morgan fingerprint density at radius 3 is 2.38 bits per heavy atom. The maximum absolute atomic E-state index is 10.4. The summed E-state index contributed by atoms with van der Waals surface area (Å²) in [5, 5.41) is 0. The Labute approximate surface area is 75.8 Å². The van der Waals surface area contributed by atoms with Gasteiger partial charge in [-0.2, -0.15) is 0 Å². The summed E-state index contributed by atoms with van der Waals surface area (Å²) in [6, 6.07) is 13.1. The zero-order chi connectivity index (χ0) is 9.10. The van der Waals surface area contributed by atoms with Gasteiger partial charge in [-0.15, -0.1) is 0 Å². The molecule has 0 fully saturated rings. The summed E-state index contributed by atoms with van der Waals surface area (Å²) in [5.74, 6) is 1.08. The molecular weight excluding hydrogens is 164 g/mol. The van der Waals surface area contributed by atoms with Crippen LogP contribution in [0.15, 0.2) is 46.9 Å². The summed E-state index contributed by atoms with van der Waals surface area (Å²) in [6.45, 7) is 0. The zero-order valence-electron chi connectivity index (χ0n) is 6.94. The van der Waals surface area contributed by atoms with Crippen molar-refractivity contribution in [3.8, 4) is 11.3 Å². The van der Waals surface area contributed by atoms with E-state index in [2.05, 4.69) is 0 Å². The maximum Gasteiger partial charge on any atom is 0.185 e. The quantitative estimate of drug-likeness (QED) is 0.652. The molecule has 64 valence electrons. The van der Waals surface area contributed by atoms with Gasteiger partial charge in [0.25, 0.3) is 0 Å². The monoisotopic (exact) mass is 172 g/mol. The molecule has 0 saturated heterocycles. The Morgan fingerprint density at radius 1 is 1.00 bits per heavy atom. The van der Waals surface area contributed by atoms with Crippen molar-refractivity contribution >= 4 is 6.29 Å². The van der Waals surface area contributed by atoms with Crippen LogP contribution in [-0.4, -0.2) is 6.29 Å². The fraction of sp³-hybridized carbons (Fsp3) is 0. The van der Waals surface area contributed by atoms with Crippen LogP contribution in [0, 0.1) is 0 Å². The molecule has 0 spiro atoms. The molecule has 0 atom stereocenters. The Hall–Kier alpha value is -1.83. The van der Waals surface area contributed by atoms with Gasteiger partial charge >= 0.3 is 0 Å². The van der Waals surface area contributed by atoms with E-state index in [-0.39, 0.29) is 0 Å².